The number of aromatic nitrogens is 3. The van der Waals surface area contributed by atoms with E-state index >= 15 is 0 Å². The second-order valence-electron chi connectivity index (χ2n) is 4.79. The van der Waals surface area contributed by atoms with Crippen molar-refractivity contribution in [2.24, 2.45) is 0 Å². The van der Waals surface area contributed by atoms with E-state index in [1.807, 2.05) is 30.3 Å². The molecule has 4 rings (SSSR count). The first-order valence-electron chi connectivity index (χ1n) is 6.49. The van der Waals surface area contributed by atoms with E-state index in [-0.39, 0.29) is 5.56 Å². The summed E-state index contributed by atoms with van der Waals surface area (Å²) in [5, 5.41) is 1.51. The zero-order valence-corrected chi connectivity index (χ0v) is 11.6. The average Bonchev–Trinajstić information content (AvgIpc) is 2.90. The van der Waals surface area contributed by atoms with Crippen LogP contribution in [0.5, 0.6) is 0 Å². The van der Waals surface area contributed by atoms with Crippen LogP contribution in [0.2, 0.25) is 5.02 Å². The van der Waals surface area contributed by atoms with Gasteiger partial charge in [0.2, 0.25) is 5.95 Å². The number of H-pyrrole nitrogens is 1. The quantitative estimate of drug-likeness (QED) is 0.584. The lowest BCUT2D eigenvalue weighted by atomic mass is 10.2. The number of hydrogen-bond acceptors (Lipinski definition) is 2. The molecule has 2 heterocycles. The number of fused-ring (bicyclic) bond motifs is 2. The molecule has 0 aliphatic carbocycles. The topological polar surface area (TPSA) is 50.7 Å². The van der Waals surface area contributed by atoms with Crippen LogP contribution < -0.4 is 5.56 Å². The standard InChI is InChI=1S/C16H10ClN3O/c17-11-7-5-10-6-8-15(21)20(14(10)9-11)16-18-12-3-1-2-4-13(12)19-16/h1-9H,(H,18,19). The molecule has 21 heavy (non-hydrogen) atoms. The zero-order chi connectivity index (χ0) is 14.4. The van der Waals surface area contributed by atoms with E-state index in [1.54, 1.807) is 22.8 Å². The third-order valence-electron chi connectivity index (χ3n) is 3.45. The van der Waals surface area contributed by atoms with Crippen molar-refractivity contribution in [2.75, 3.05) is 0 Å². The molecule has 4 aromatic rings. The van der Waals surface area contributed by atoms with Gasteiger partial charge in [0, 0.05) is 11.1 Å². The van der Waals surface area contributed by atoms with Crippen LogP contribution in [-0.2, 0) is 0 Å². The first-order chi connectivity index (χ1) is 10.2. The number of halogens is 1. The van der Waals surface area contributed by atoms with Gasteiger partial charge in [-0.05, 0) is 35.7 Å². The molecule has 0 spiro atoms. The molecule has 4 nitrogen and oxygen atoms in total. The molecular weight excluding hydrogens is 286 g/mol. The van der Waals surface area contributed by atoms with Gasteiger partial charge in [-0.3, -0.25) is 4.79 Å². The highest BCUT2D eigenvalue weighted by atomic mass is 35.5. The van der Waals surface area contributed by atoms with Gasteiger partial charge in [-0.15, -0.1) is 0 Å². The second kappa shape index (κ2) is 4.46. The van der Waals surface area contributed by atoms with Crippen LogP contribution in [0.25, 0.3) is 27.9 Å². The van der Waals surface area contributed by atoms with Crippen LogP contribution in [0.3, 0.4) is 0 Å². The number of para-hydroxylation sites is 2. The number of benzene rings is 2. The van der Waals surface area contributed by atoms with Crippen LogP contribution in [0.1, 0.15) is 0 Å². The molecule has 0 amide bonds. The predicted molar refractivity (Wildman–Crippen MR) is 84.2 cm³/mol. The zero-order valence-electron chi connectivity index (χ0n) is 10.9. The van der Waals surface area contributed by atoms with Crippen LogP contribution >= 0.6 is 11.6 Å². The van der Waals surface area contributed by atoms with Gasteiger partial charge < -0.3 is 4.98 Å². The number of aromatic amines is 1. The average molecular weight is 296 g/mol. The van der Waals surface area contributed by atoms with E-state index in [2.05, 4.69) is 9.97 Å². The SMILES string of the molecule is O=c1ccc2ccc(Cl)cc2n1-c1nc2ccccc2[nH]1. The summed E-state index contributed by atoms with van der Waals surface area (Å²) in [7, 11) is 0. The first kappa shape index (κ1) is 12.2. The van der Waals surface area contributed by atoms with E-state index in [4.69, 9.17) is 11.6 Å². The van der Waals surface area contributed by atoms with Crippen molar-refractivity contribution < 1.29 is 0 Å². The van der Waals surface area contributed by atoms with Crippen LogP contribution in [0, 0.1) is 0 Å². The third-order valence-corrected chi connectivity index (χ3v) is 3.68. The molecule has 2 aromatic heterocycles. The van der Waals surface area contributed by atoms with Crippen molar-refractivity contribution in [3.63, 3.8) is 0 Å². The lowest BCUT2D eigenvalue weighted by Gasteiger charge is -2.07. The van der Waals surface area contributed by atoms with Crippen molar-refractivity contribution in [3.05, 3.63) is 70.0 Å². The Kier molecular flexibility index (Phi) is 2.59. The number of pyridine rings is 1. The molecule has 1 N–H and O–H groups in total. The summed E-state index contributed by atoms with van der Waals surface area (Å²) < 4.78 is 1.54. The summed E-state index contributed by atoms with van der Waals surface area (Å²) in [6.45, 7) is 0. The van der Waals surface area contributed by atoms with Gasteiger partial charge in [0.05, 0.1) is 16.6 Å². The number of imidazole rings is 1. The smallest absolute Gasteiger partial charge is 0.257 e. The van der Waals surface area contributed by atoms with Gasteiger partial charge in [0.25, 0.3) is 5.56 Å². The Bertz CT molecular complexity index is 999. The lowest BCUT2D eigenvalue weighted by molar-refractivity contribution is 0.960. The number of rotatable bonds is 1. The van der Waals surface area contributed by atoms with Crippen molar-refractivity contribution in [1.29, 1.82) is 0 Å². The predicted octanol–water partition coefficient (Wildman–Crippen LogP) is 3.52. The molecule has 102 valence electrons. The molecule has 0 aliphatic rings. The Morgan fingerprint density at radius 1 is 1.05 bits per heavy atom. The van der Waals surface area contributed by atoms with Crippen LogP contribution in [-0.4, -0.2) is 14.5 Å². The highest BCUT2D eigenvalue weighted by Gasteiger charge is 2.10. The van der Waals surface area contributed by atoms with Gasteiger partial charge in [-0.25, -0.2) is 9.55 Å². The molecule has 0 atom stereocenters. The summed E-state index contributed by atoms with van der Waals surface area (Å²) in [5.74, 6) is 0.495. The molecule has 0 aliphatic heterocycles. The largest absolute Gasteiger partial charge is 0.323 e. The van der Waals surface area contributed by atoms with Gasteiger partial charge >= 0.3 is 0 Å². The number of nitrogens with one attached hydrogen (secondary N) is 1. The Labute approximate surface area is 124 Å². The van der Waals surface area contributed by atoms with Gasteiger partial charge in [0.1, 0.15) is 0 Å². The van der Waals surface area contributed by atoms with Crippen molar-refractivity contribution in [2.45, 2.75) is 0 Å². The van der Waals surface area contributed by atoms with Gasteiger partial charge in [-0.1, -0.05) is 29.8 Å². The fraction of sp³-hybridized carbons (Fsp3) is 0. The minimum atomic E-state index is -0.149. The minimum absolute atomic E-state index is 0.149. The maximum absolute atomic E-state index is 12.3. The van der Waals surface area contributed by atoms with Crippen molar-refractivity contribution in [1.82, 2.24) is 14.5 Å². The molecule has 0 saturated carbocycles. The molecule has 2 aromatic carbocycles. The van der Waals surface area contributed by atoms with Crippen LogP contribution in [0.15, 0.2) is 59.4 Å². The van der Waals surface area contributed by atoms with E-state index in [0.717, 1.165) is 21.9 Å². The van der Waals surface area contributed by atoms with E-state index in [9.17, 15) is 4.79 Å². The van der Waals surface area contributed by atoms with Crippen molar-refractivity contribution in [3.8, 4) is 5.95 Å². The maximum Gasteiger partial charge on any atom is 0.257 e. The number of hydrogen-bond donors (Lipinski definition) is 1. The highest BCUT2D eigenvalue weighted by Crippen LogP contribution is 2.21. The molecule has 0 unspecified atom stereocenters. The molecule has 5 heteroatoms. The molecule has 0 fully saturated rings. The summed E-state index contributed by atoms with van der Waals surface area (Å²) in [6, 6.07) is 16.4. The lowest BCUT2D eigenvalue weighted by Crippen LogP contribution is -2.18. The summed E-state index contributed by atoms with van der Waals surface area (Å²) >= 11 is 6.06. The molecule has 0 bridgehead atoms. The molecule has 0 radical (unpaired) electrons. The minimum Gasteiger partial charge on any atom is -0.323 e. The van der Waals surface area contributed by atoms with E-state index < -0.39 is 0 Å². The summed E-state index contributed by atoms with van der Waals surface area (Å²) in [6.07, 6.45) is 0. The molecular formula is C16H10ClN3O. The van der Waals surface area contributed by atoms with Crippen molar-refractivity contribution >= 4 is 33.5 Å². The monoisotopic (exact) mass is 295 g/mol. The van der Waals surface area contributed by atoms with Gasteiger partial charge in [0.15, 0.2) is 0 Å². The van der Waals surface area contributed by atoms with Crippen LogP contribution in [0.4, 0.5) is 0 Å². The Morgan fingerprint density at radius 2 is 1.86 bits per heavy atom. The Balaban J connectivity index is 2.11. The highest BCUT2D eigenvalue weighted by molar-refractivity contribution is 6.31. The normalized spacial score (nSPS) is 11.3. The van der Waals surface area contributed by atoms with E-state index in [0.29, 0.717) is 11.0 Å². The second-order valence-corrected chi connectivity index (χ2v) is 5.22. The fourth-order valence-electron chi connectivity index (χ4n) is 2.47. The molecule has 0 saturated heterocycles. The third kappa shape index (κ3) is 1.92. The Morgan fingerprint density at radius 3 is 2.71 bits per heavy atom. The Hall–Kier alpha value is -2.59. The summed E-state index contributed by atoms with van der Waals surface area (Å²) in [4.78, 5) is 19.9. The first-order valence-corrected chi connectivity index (χ1v) is 6.87. The number of nitrogens with zero attached hydrogens (tertiary/aromatic N) is 2. The van der Waals surface area contributed by atoms with Gasteiger partial charge in [-0.2, -0.15) is 0 Å². The van der Waals surface area contributed by atoms with E-state index in [1.165, 1.54) is 6.07 Å². The summed E-state index contributed by atoms with van der Waals surface area (Å²) in [5.41, 5.74) is 2.29. The fourth-order valence-corrected chi connectivity index (χ4v) is 2.64. The maximum atomic E-state index is 12.3.